The third-order valence-electron chi connectivity index (χ3n) is 2.71. The minimum Gasteiger partial charge on any atom is -0.481 e. The van der Waals surface area contributed by atoms with Crippen molar-refractivity contribution in [2.45, 2.75) is 52.0 Å². The molecule has 1 N–H and O–H groups in total. The van der Waals surface area contributed by atoms with Crippen LogP contribution in [0.15, 0.2) is 0 Å². The minimum absolute atomic E-state index is 0.204. The van der Waals surface area contributed by atoms with Gasteiger partial charge in [0, 0.05) is 5.54 Å². The molecule has 3 nitrogen and oxygen atoms in total. The normalized spacial score (nSPS) is 12.1. The molecule has 0 saturated heterocycles. The van der Waals surface area contributed by atoms with Crippen LogP contribution in [-0.4, -0.2) is 35.1 Å². The molecule has 0 fully saturated rings. The average molecular weight is 201 g/mol. The Balaban J connectivity index is 3.93. The standard InChI is InChI=1S/C11H23NO2/c1-5-6-7-8-12(4)11(2,3)9-10(13)14/h5-9H2,1-4H3,(H,13,14). The van der Waals surface area contributed by atoms with Crippen molar-refractivity contribution in [2.75, 3.05) is 13.6 Å². The predicted molar refractivity (Wildman–Crippen MR) is 58.5 cm³/mol. The molecule has 0 spiro atoms. The number of hydrogen-bond acceptors (Lipinski definition) is 2. The molecule has 14 heavy (non-hydrogen) atoms. The van der Waals surface area contributed by atoms with E-state index in [0.29, 0.717) is 0 Å². The van der Waals surface area contributed by atoms with E-state index in [0.717, 1.165) is 13.0 Å². The van der Waals surface area contributed by atoms with E-state index in [-0.39, 0.29) is 12.0 Å². The fraction of sp³-hybridized carbons (Fsp3) is 0.909. The molecule has 0 radical (unpaired) electrons. The minimum atomic E-state index is -0.725. The van der Waals surface area contributed by atoms with Crippen molar-refractivity contribution in [1.82, 2.24) is 4.90 Å². The van der Waals surface area contributed by atoms with Crippen molar-refractivity contribution in [2.24, 2.45) is 0 Å². The van der Waals surface area contributed by atoms with E-state index in [4.69, 9.17) is 5.11 Å². The summed E-state index contributed by atoms with van der Waals surface area (Å²) >= 11 is 0. The summed E-state index contributed by atoms with van der Waals surface area (Å²) in [6, 6.07) is 0. The van der Waals surface area contributed by atoms with Crippen LogP contribution in [0.25, 0.3) is 0 Å². The molecule has 0 aromatic carbocycles. The number of aliphatic carboxylic acids is 1. The van der Waals surface area contributed by atoms with Crippen LogP contribution in [0, 0.1) is 0 Å². The molecule has 0 saturated carbocycles. The largest absolute Gasteiger partial charge is 0.481 e. The molecule has 84 valence electrons. The number of hydrogen-bond donors (Lipinski definition) is 1. The second kappa shape index (κ2) is 6.02. The van der Waals surface area contributed by atoms with Gasteiger partial charge in [0.2, 0.25) is 0 Å². The number of carboxylic acid groups (broad SMARTS) is 1. The maximum absolute atomic E-state index is 10.6. The van der Waals surface area contributed by atoms with E-state index in [1.165, 1.54) is 12.8 Å². The predicted octanol–water partition coefficient (Wildman–Crippen LogP) is 2.36. The van der Waals surface area contributed by atoms with Crippen LogP contribution < -0.4 is 0 Å². The summed E-state index contributed by atoms with van der Waals surface area (Å²) in [6.45, 7) is 7.11. The molecule has 0 aromatic heterocycles. The van der Waals surface area contributed by atoms with Gasteiger partial charge in [-0.2, -0.15) is 0 Å². The van der Waals surface area contributed by atoms with Gasteiger partial charge in [0.05, 0.1) is 6.42 Å². The lowest BCUT2D eigenvalue weighted by atomic mass is 9.98. The van der Waals surface area contributed by atoms with Crippen LogP contribution in [0.4, 0.5) is 0 Å². The second-order valence-corrected chi connectivity index (χ2v) is 4.51. The van der Waals surface area contributed by atoms with E-state index in [2.05, 4.69) is 11.8 Å². The molecule has 0 heterocycles. The van der Waals surface area contributed by atoms with Gasteiger partial charge in [-0.05, 0) is 33.9 Å². The first-order chi connectivity index (χ1) is 6.40. The van der Waals surface area contributed by atoms with Gasteiger partial charge < -0.3 is 10.0 Å². The second-order valence-electron chi connectivity index (χ2n) is 4.51. The summed E-state index contributed by atoms with van der Waals surface area (Å²) in [4.78, 5) is 12.8. The van der Waals surface area contributed by atoms with Gasteiger partial charge in [-0.25, -0.2) is 0 Å². The third-order valence-corrected chi connectivity index (χ3v) is 2.71. The molecule has 0 amide bonds. The van der Waals surface area contributed by atoms with E-state index in [1.807, 2.05) is 20.9 Å². The Hall–Kier alpha value is -0.570. The molecule has 0 aromatic rings. The number of rotatable bonds is 7. The Labute approximate surface area is 87.1 Å². The van der Waals surface area contributed by atoms with Crippen LogP contribution in [-0.2, 0) is 4.79 Å². The highest BCUT2D eigenvalue weighted by Crippen LogP contribution is 2.17. The number of nitrogens with zero attached hydrogens (tertiary/aromatic N) is 1. The first-order valence-corrected chi connectivity index (χ1v) is 5.33. The molecule has 0 aliphatic rings. The summed E-state index contributed by atoms with van der Waals surface area (Å²) < 4.78 is 0. The van der Waals surface area contributed by atoms with Crippen LogP contribution >= 0.6 is 0 Å². The molecular formula is C11H23NO2. The van der Waals surface area contributed by atoms with Gasteiger partial charge in [-0.1, -0.05) is 19.8 Å². The van der Waals surface area contributed by atoms with Gasteiger partial charge in [0.15, 0.2) is 0 Å². The zero-order valence-corrected chi connectivity index (χ0v) is 9.84. The first-order valence-electron chi connectivity index (χ1n) is 5.33. The maximum Gasteiger partial charge on any atom is 0.305 e. The number of unbranched alkanes of at least 4 members (excludes halogenated alkanes) is 2. The van der Waals surface area contributed by atoms with E-state index >= 15 is 0 Å². The van der Waals surface area contributed by atoms with Crippen LogP contribution in [0.1, 0.15) is 46.5 Å². The quantitative estimate of drug-likeness (QED) is 0.643. The highest BCUT2D eigenvalue weighted by Gasteiger charge is 2.25. The fourth-order valence-electron chi connectivity index (χ4n) is 1.41. The van der Waals surface area contributed by atoms with E-state index in [9.17, 15) is 4.79 Å². The lowest BCUT2D eigenvalue weighted by molar-refractivity contribution is -0.139. The topological polar surface area (TPSA) is 40.5 Å². The number of carboxylic acids is 1. The van der Waals surface area contributed by atoms with Crippen molar-refractivity contribution < 1.29 is 9.90 Å². The van der Waals surface area contributed by atoms with Gasteiger partial charge in [0.25, 0.3) is 0 Å². The van der Waals surface area contributed by atoms with Gasteiger partial charge >= 0.3 is 5.97 Å². The average Bonchev–Trinajstić information content (AvgIpc) is 2.02. The molecule has 0 bridgehead atoms. The smallest absolute Gasteiger partial charge is 0.305 e. The highest BCUT2D eigenvalue weighted by atomic mass is 16.4. The monoisotopic (exact) mass is 201 g/mol. The molecule has 0 aliphatic carbocycles. The van der Waals surface area contributed by atoms with Gasteiger partial charge in [-0.3, -0.25) is 4.79 Å². The molecule has 0 atom stereocenters. The molecular weight excluding hydrogens is 178 g/mol. The lowest BCUT2D eigenvalue weighted by Crippen LogP contribution is -2.43. The highest BCUT2D eigenvalue weighted by molar-refractivity contribution is 5.68. The Bertz CT molecular complexity index is 178. The zero-order valence-electron chi connectivity index (χ0n) is 9.84. The SMILES string of the molecule is CCCCCN(C)C(C)(C)CC(=O)O. The van der Waals surface area contributed by atoms with Crippen molar-refractivity contribution in [3.8, 4) is 0 Å². The first kappa shape index (κ1) is 13.4. The Kier molecular flexibility index (Phi) is 5.77. The van der Waals surface area contributed by atoms with Crippen molar-refractivity contribution in [3.05, 3.63) is 0 Å². The fourth-order valence-corrected chi connectivity index (χ4v) is 1.41. The van der Waals surface area contributed by atoms with Gasteiger partial charge in [-0.15, -0.1) is 0 Å². The Morgan fingerprint density at radius 3 is 2.36 bits per heavy atom. The Morgan fingerprint density at radius 1 is 1.36 bits per heavy atom. The van der Waals surface area contributed by atoms with Crippen LogP contribution in [0.5, 0.6) is 0 Å². The number of carbonyl (C=O) groups is 1. The van der Waals surface area contributed by atoms with E-state index in [1.54, 1.807) is 0 Å². The zero-order chi connectivity index (χ0) is 11.2. The molecule has 0 aliphatic heterocycles. The van der Waals surface area contributed by atoms with Crippen molar-refractivity contribution in [1.29, 1.82) is 0 Å². The Morgan fingerprint density at radius 2 is 1.93 bits per heavy atom. The molecule has 3 heteroatoms. The van der Waals surface area contributed by atoms with Crippen LogP contribution in [0.3, 0.4) is 0 Å². The van der Waals surface area contributed by atoms with Crippen molar-refractivity contribution in [3.63, 3.8) is 0 Å². The van der Waals surface area contributed by atoms with Crippen molar-refractivity contribution >= 4 is 5.97 Å². The van der Waals surface area contributed by atoms with Crippen LogP contribution in [0.2, 0.25) is 0 Å². The summed E-state index contributed by atoms with van der Waals surface area (Å²) in [5.74, 6) is -0.725. The molecule has 0 unspecified atom stereocenters. The maximum atomic E-state index is 10.6. The lowest BCUT2D eigenvalue weighted by Gasteiger charge is -2.34. The van der Waals surface area contributed by atoms with E-state index < -0.39 is 5.97 Å². The summed E-state index contributed by atoms with van der Waals surface area (Å²) in [6.07, 6.45) is 3.77. The van der Waals surface area contributed by atoms with Gasteiger partial charge in [0.1, 0.15) is 0 Å². The summed E-state index contributed by atoms with van der Waals surface area (Å²) in [5.41, 5.74) is -0.237. The molecule has 0 rings (SSSR count). The third kappa shape index (κ3) is 5.22. The summed E-state index contributed by atoms with van der Waals surface area (Å²) in [5, 5.41) is 8.74. The summed E-state index contributed by atoms with van der Waals surface area (Å²) in [7, 11) is 2.00.